The molecule has 0 heterocycles. The third-order valence-electron chi connectivity index (χ3n) is 3.12. The van der Waals surface area contributed by atoms with Crippen molar-refractivity contribution in [2.75, 3.05) is 0 Å². The Balaban J connectivity index is 2.51. The molecular formula is C10H19FO. The number of aliphatic hydroxyl groups excluding tert-OH is 1. The molecule has 0 spiro atoms. The third kappa shape index (κ3) is 2.19. The van der Waals surface area contributed by atoms with E-state index in [9.17, 15) is 9.50 Å². The van der Waals surface area contributed by atoms with Crippen molar-refractivity contribution in [3.63, 3.8) is 0 Å². The Labute approximate surface area is 74.0 Å². The van der Waals surface area contributed by atoms with Crippen LogP contribution in [0.3, 0.4) is 0 Å². The number of hydrogen-bond donors (Lipinski definition) is 1. The molecule has 1 fully saturated rings. The molecule has 2 heteroatoms. The van der Waals surface area contributed by atoms with Crippen LogP contribution in [0, 0.1) is 11.8 Å². The van der Waals surface area contributed by atoms with Gasteiger partial charge in [0.15, 0.2) is 0 Å². The normalized spacial score (nSPS) is 38.2. The standard InChI is InChI=1S/C10H19FO/c1-7-4-5-8(6-9(7)12)10(2,3)11/h7-9,12H,4-6H2,1-3H3/t7-,8?,9-/m1/s1. The lowest BCUT2D eigenvalue weighted by Crippen LogP contribution is -2.36. The van der Waals surface area contributed by atoms with E-state index in [4.69, 9.17) is 0 Å². The third-order valence-corrected chi connectivity index (χ3v) is 3.12. The summed E-state index contributed by atoms with van der Waals surface area (Å²) in [7, 11) is 0. The fourth-order valence-corrected chi connectivity index (χ4v) is 1.92. The van der Waals surface area contributed by atoms with Crippen molar-refractivity contribution in [1.82, 2.24) is 0 Å². The SMILES string of the molecule is C[C@@H]1CCC(C(C)(C)F)C[C@H]1O. The molecule has 1 rings (SSSR count). The number of halogens is 1. The molecular weight excluding hydrogens is 155 g/mol. The lowest BCUT2D eigenvalue weighted by Gasteiger charge is -2.36. The molecule has 1 nitrogen and oxygen atoms in total. The smallest absolute Gasteiger partial charge is 0.108 e. The van der Waals surface area contributed by atoms with Gasteiger partial charge in [0.2, 0.25) is 0 Å². The summed E-state index contributed by atoms with van der Waals surface area (Å²) in [5.41, 5.74) is -1.12. The lowest BCUT2D eigenvalue weighted by atomic mass is 9.75. The molecule has 1 unspecified atom stereocenters. The maximum atomic E-state index is 13.5. The van der Waals surface area contributed by atoms with E-state index in [1.54, 1.807) is 13.8 Å². The van der Waals surface area contributed by atoms with Gasteiger partial charge in [-0.2, -0.15) is 0 Å². The van der Waals surface area contributed by atoms with Crippen LogP contribution in [0.2, 0.25) is 0 Å². The Bertz CT molecular complexity index is 150. The first-order valence-corrected chi connectivity index (χ1v) is 4.78. The summed E-state index contributed by atoms with van der Waals surface area (Å²) in [4.78, 5) is 0. The summed E-state index contributed by atoms with van der Waals surface area (Å²) in [6.07, 6.45) is 2.21. The zero-order valence-electron chi connectivity index (χ0n) is 8.18. The number of hydrogen-bond acceptors (Lipinski definition) is 1. The van der Waals surface area contributed by atoms with Gasteiger partial charge in [-0.3, -0.25) is 0 Å². The minimum absolute atomic E-state index is 0.0451. The van der Waals surface area contributed by atoms with E-state index in [1.165, 1.54) is 0 Å². The molecule has 1 N–H and O–H groups in total. The minimum Gasteiger partial charge on any atom is -0.393 e. The van der Waals surface area contributed by atoms with Gasteiger partial charge in [-0.1, -0.05) is 6.92 Å². The van der Waals surface area contributed by atoms with Gasteiger partial charge < -0.3 is 5.11 Å². The second-order valence-electron chi connectivity index (χ2n) is 4.62. The maximum Gasteiger partial charge on any atom is 0.108 e. The van der Waals surface area contributed by atoms with E-state index >= 15 is 0 Å². The van der Waals surface area contributed by atoms with Gasteiger partial charge in [0, 0.05) is 0 Å². The highest BCUT2D eigenvalue weighted by Crippen LogP contribution is 2.37. The fraction of sp³-hybridized carbons (Fsp3) is 1.00. The van der Waals surface area contributed by atoms with E-state index in [0.717, 1.165) is 12.8 Å². The molecule has 0 aromatic rings. The van der Waals surface area contributed by atoms with Crippen LogP contribution < -0.4 is 0 Å². The molecule has 1 aliphatic carbocycles. The molecule has 12 heavy (non-hydrogen) atoms. The largest absolute Gasteiger partial charge is 0.393 e. The maximum absolute atomic E-state index is 13.5. The summed E-state index contributed by atoms with van der Waals surface area (Å²) in [6, 6.07) is 0. The second kappa shape index (κ2) is 3.33. The Morgan fingerprint density at radius 2 is 1.92 bits per heavy atom. The van der Waals surface area contributed by atoms with Crippen LogP contribution in [-0.4, -0.2) is 16.9 Å². The van der Waals surface area contributed by atoms with Crippen molar-refractivity contribution >= 4 is 0 Å². The Morgan fingerprint density at radius 3 is 2.33 bits per heavy atom. The highest BCUT2D eigenvalue weighted by atomic mass is 19.1. The predicted molar refractivity (Wildman–Crippen MR) is 47.7 cm³/mol. The second-order valence-corrected chi connectivity index (χ2v) is 4.62. The molecule has 0 saturated heterocycles. The first-order chi connectivity index (χ1) is 5.41. The summed E-state index contributed by atoms with van der Waals surface area (Å²) in [5.74, 6) is 0.396. The Morgan fingerprint density at radius 1 is 1.33 bits per heavy atom. The van der Waals surface area contributed by atoms with Gasteiger partial charge in [0.25, 0.3) is 0 Å². The quantitative estimate of drug-likeness (QED) is 0.647. The van der Waals surface area contributed by atoms with Crippen molar-refractivity contribution in [3.05, 3.63) is 0 Å². The van der Waals surface area contributed by atoms with Crippen molar-refractivity contribution in [3.8, 4) is 0 Å². The molecule has 0 amide bonds. The Kier molecular flexibility index (Phi) is 2.77. The first kappa shape index (κ1) is 9.97. The zero-order valence-corrected chi connectivity index (χ0v) is 8.18. The summed E-state index contributed by atoms with van der Waals surface area (Å²) < 4.78 is 13.5. The van der Waals surface area contributed by atoms with Gasteiger partial charge in [-0.05, 0) is 44.9 Å². The van der Waals surface area contributed by atoms with E-state index < -0.39 is 5.67 Å². The van der Waals surface area contributed by atoms with E-state index in [-0.39, 0.29) is 12.0 Å². The molecule has 3 atom stereocenters. The highest BCUT2D eigenvalue weighted by Gasteiger charge is 2.35. The molecule has 0 bridgehead atoms. The van der Waals surface area contributed by atoms with Crippen LogP contribution in [0.1, 0.15) is 40.0 Å². The van der Waals surface area contributed by atoms with Gasteiger partial charge in [-0.15, -0.1) is 0 Å². The number of aliphatic hydroxyl groups is 1. The molecule has 72 valence electrons. The molecule has 0 aromatic carbocycles. The fourth-order valence-electron chi connectivity index (χ4n) is 1.92. The van der Waals surface area contributed by atoms with E-state index in [1.807, 2.05) is 6.92 Å². The van der Waals surface area contributed by atoms with E-state index in [2.05, 4.69) is 0 Å². The predicted octanol–water partition coefficient (Wildman–Crippen LogP) is 2.53. The lowest BCUT2D eigenvalue weighted by molar-refractivity contribution is 0.0000879. The molecule has 1 saturated carbocycles. The summed E-state index contributed by atoms with van der Waals surface area (Å²) in [5, 5.41) is 9.54. The molecule has 0 radical (unpaired) electrons. The van der Waals surface area contributed by atoms with Crippen LogP contribution in [0.15, 0.2) is 0 Å². The van der Waals surface area contributed by atoms with Crippen molar-refractivity contribution < 1.29 is 9.50 Å². The zero-order chi connectivity index (χ0) is 9.35. The van der Waals surface area contributed by atoms with Crippen molar-refractivity contribution in [2.24, 2.45) is 11.8 Å². The monoisotopic (exact) mass is 174 g/mol. The van der Waals surface area contributed by atoms with E-state index in [0.29, 0.717) is 12.3 Å². The topological polar surface area (TPSA) is 20.2 Å². The van der Waals surface area contributed by atoms with Crippen LogP contribution in [0.5, 0.6) is 0 Å². The van der Waals surface area contributed by atoms with Gasteiger partial charge >= 0.3 is 0 Å². The number of rotatable bonds is 1. The minimum atomic E-state index is -1.12. The van der Waals surface area contributed by atoms with Gasteiger partial charge in [-0.25, -0.2) is 4.39 Å². The van der Waals surface area contributed by atoms with Crippen molar-refractivity contribution in [2.45, 2.75) is 51.8 Å². The van der Waals surface area contributed by atoms with Crippen LogP contribution in [0.25, 0.3) is 0 Å². The van der Waals surface area contributed by atoms with Crippen LogP contribution >= 0.6 is 0 Å². The molecule has 1 aliphatic rings. The van der Waals surface area contributed by atoms with Crippen molar-refractivity contribution in [1.29, 1.82) is 0 Å². The average Bonchev–Trinajstić information content (AvgIpc) is 1.92. The summed E-state index contributed by atoms with van der Waals surface area (Å²) in [6.45, 7) is 5.26. The Hall–Kier alpha value is -0.110. The van der Waals surface area contributed by atoms with Crippen LogP contribution in [0.4, 0.5) is 4.39 Å². The first-order valence-electron chi connectivity index (χ1n) is 4.78. The van der Waals surface area contributed by atoms with Gasteiger partial charge in [0.1, 0.15) is 5.67 Å². The van der Waals surface area contributed by atoms with Gasteiger partial charge in [0.05, 0.1) is 6.10 Å². The molecule has 0 aromatic heterocycles. The highest BCUT2D eigenvalue weighted by molar-refractivity contribution is 4.86. The molecule has 0 aliphatic heterocycles. The number of alkyl halides is 1. The summed E-state index contributed by atoms with van der Waals surface area (Å²) >= 11 is 0. The average molecular weight is 174 g/mol. The van der Waals surface area contributed by atoms with Crippen LogP contribution in [-0.2, 0) is 0 Å².